The van der Waals surface area contributed by atoms with Crippen molar-refractivity contribution >= 4 is 16.9 Å². The Bertz CT molecular complexity index is 936. The number of likely N-dealkylation sites (tertiary alicyclic amines) is 1. The van der Waals surface area contributed by atoms with E-state index in [0.717, 1.165) is 30.9 Å². The molecule has 1 aliphatic heterocycles. The van der Waals surface area contributed by atoms with Gasteiger partial charge in [-0.3, -0.25) is 9.47 Å². The summed E-state index contributed by atoms with van der Waals surface area (Å²) in [4.78, 5) is 19.5. The molecule has 0 unspecified atom stereocenters. The SMILES string of the molecule is C=C(OC(C)(C)C)N1CCC2(CC1)CC(C[N+](C)(C)C(=O)c1cc3ccncc3o1)C2. The maximum absolute atomic E-state index is 13.1. The van der Waals surface area contributed by atoms with Crippen molar-refractivity contribution < 1.29 is 18.4 Å². The normalized spacial score (nSPS) is 19.5. The van der Waals surface area contributed by atoms with Crippen molar-refractivity contribution in [3.63, 3.8) is 0 Å². The summed E-state index contributed by atoms with van der Waals surface area (Å²) in [6, 6.07) is 3.71. The molecule has 0 bridgehead atoms. The van der Waals surface area contributed by atoms with Crippen LogP contribution in [0.25, 0.3) is 11.0 Å². The molecule has 1 aliphatic carbocycles. The number of nitrogens with zero attached hydrogens (tertiary/aromatic N) is 3. The Morgan fingerprint density at radius 2 is 2.00 bits per heavy atom. The summed E-state index contributed by atoms with van der Waals surface area (Å²) in [6.07, 6.45) is 8.13. The maximum atomic E-state index is 13.1. The summed E-state index contributed by atoms with van der Waals surface area (Å²) in [5, 5.41) is 0.921. The fourth-order valence-electron chi connectivity index (χ4n) is 5.37. The summed E-state index contributed by atoms with van der Waals surface area (Å²) in [6.45, 7) is 13.2. The van der Waals surface area contributed by atoms with Crippen molar-refractivity contribution in [3.05, 3.63) is 42.7 Å². The molecule has 168 valence electrons. The first-order chi connectivity index (χ1) is 14.5. The minimum atomic E-state index is -0.208. The van der Waals surface area contributed by atoms with Gasteiger partial charge in [0.1, 0.15) is 5.60 Å². The van der Waals surface area contributed by atoms with Gasteiger partial charge in [0, 0.05) is 36.7 Å². The molecule has 4 rings (SSSR count). The second-order valence-electron chi connectivity index (χ2n) is 11.1. The zero-order chi connectivity index (χ0) is 22.4. The molecule has 2 aliphatic rings. The Labute approximate surface area is 185 Å². The number of aromatic nitrogens is 1. The van der Waals surface area contributed by atoms with Crippen LogP contribution in [0.2, 0.25) is 0 Å². The smallest absolute Gasteiger partial charge is 0.380 e. The molecule has 2 fully saturated rings. The van der Waals surface area contributed by atoms with Crippen LogP contribution in [0.15, 0.2) is 41.4 Å². The van der Waals surface area contributed by atoms with Crippen LogP contribution >= 0.6 is 0 Å². The molecule has 2 aromatic heterocycles. The van der Waals surface area contributed by atoms with Crippen molar-refractivity contribution in [2.24, 2.45) is 11.3 Å². The Morgan fingerprint density at radius 3 is 2.61 bits per heavy atom. The number of pyridine rings is 1. The van der Waals surface area contributed by atoms with Gasteiger partial charge < -0.3 is 14.1 Å². The lowest BCUT2D eigenvalue weighted by Crippen LogP contribution is -2.54. The first kappa shape index (κ1) is 21.9. The van der Waals surface area contributed by atoms with Crippen molar-refractivity contribution in [2.45, 2.75) is 52.1 Å². The van der Waals surface area contributed by atoms with E-state index in [-0.39, 0.29) is 11.5 Å². The molecule has 6 nitrogen and oxygen atoms in total. The van der Waals surface area contributed by atoms with Crippen molar-refractivity contribution in [1.29, 1.82) is 0 Å². The Hall–Kier alpha value is -2.34. The number of furan rings is 1. The van der Waals surface area contributed by atoms with E-state index in [4.69, 9.17) is 9.15 Å². The van der Waals surface area contributed by atoms with Crippen LogP contribution in [0, 0.1) is 11.3 Å². The van der Waals surface area contributed by atoms with Crippen molar-refractivity contribution in [3.8, 4) is 0 Å². The third kappa shape index (κ3) is 4.64. The molecule has 1 amide bonds. The monoisotopic (exact) mass is 426 g/mol. The van der Waals surface area contributed by atoms with E-state index < -0.39 is 0 Å². The second kappa shape index (κ2) is 7.66. The van der Waals surface area contributed by atoms with Crippen molar-refractivity contribution in [2.75, 3.05) is 33.7 Å². The van der Waals surface area contributed by atoms with Crippen LogP contribution in [-0.4, -0.2) is 59.6 Å². The van der Waals surface area contributed by atoms with Gasteiger partial charge in [-0.15, -0.1) is 0 Å². The van der Waals surface area contributed by atoms with Gasteiger partial charge in [0.2, 0.25) is 5.76 Å². The Balaban J connectivity index is 1.30. The van der Waals surface area contributed by atoms with Crippen LogP contribution in [-0.2, 0) is 4.74 Å². The molecule has 0 atom stereocenters. The molecule has 0 radical (unpaired) electrons. The summed E-state index contributed by atoms with van der Waals surface area (Å²) in [5.74, 6) is 1.82. The highest BCUT2D eigenvalue weighted by Gasteiger charge is 2.49. The molecule has 6 heteroatoms. The second-order valence-corrected chi connectivity index (χ2v) is 11.1. The van der Waals surface area contributed by atoms with E-state index in [1.807, 2.05) is 26.2 Å². The number of fused-ring (bicyclic) bond motifs is 1. The molecular formula is C25H36N3O3+. The number of rotatable bonds is 5. The molecule has 1 saturated heterocycles. The molecule has 0 aromatic carbocycles. The zero-order valence-electron chi connectivity index (χ0n) is 19.6. The van der Waals surface area contributed by atoms with Gasteiger partial charge in [-0.25, -0.2) is 4.79 Å². The minimum Gasteiger partial charge on any atom is -0.474 e. The molecule has 1 spiro atoms. The number of piperidine rings is 1. The van der Waals surface area contributed by atoms with Gasteiger partial charge in [-0.2, -0.15) is 0 Å². The number of hydrogen-bond acceptors (Lipinski definition) is 5. The van der Waals surface area contributed by atoms with Gasteiger partial charge in [0.05, 0.1) is 26.8 Å². The van der Waals surface area contributed by atoms with E-state index in [0.29, 0.717) is 27.2 Å². The quantitative estimate of drug-likeness (QED) is 0.507. The number of quaternary nitrogens is 1. The standard InChI is InChI=1S/C25H36N3O3/c1-18(31-24(2,3)4)27-11-8-25(9-12-27)14-19(15-25)17-28(5,6)23(29)21-13-20-7-10-26-16-22(20)30-21/h7,10,13,16,19H,1,8-9,11-12,14-15,17H2,2-6H3/q+1. The fraction of sp³-hybridized carbons (Fsp3) is 0.600. The Morgan fingerprint density at radius 1 is 1.32 bits per heavy atom. The number of amides is 1. The molecule has 31 heavy (non-hydrogen) atoms. The summed E-state index contributed by atoms with van der Waals surface area (Å²) in [5.41, 5.74) is 0.884. The van der Waals surface area contributed by atoms with Crippen LogP contribution in [0.1, 0.15) is 57.0 Å². The highest BCUT2D eigenvalue weighted by molar-refractivity contribution is 5.91. The third-order valence-electron chi connectivity index (χ3n) is 6.84. The van der Waals surface area contributed by atoms with Crippen molar-refractivity contribution in [1.82, 2.24) is 9.88 Å². The number of ether oxygens (including phenoxy) is 1. The highest BCUT2D eigenvalue weighted by atomic mass is 16.5. The molecular weight excluding hydrogens is 390 g/mol. The van der Waals surface area contributed by atoms with Crippen LogP contribution in [0.5, 0.6) is 0 Å². The minimum absolute atomic E-state index is 0.0302. The van der Waals surface area contributed by atoms with E-state index in [2.05, 4.69) is 37.2 Å². The first-order valence-electron chi connectivity index (χ1n) is 11.3. The zero-order valence-corrected chi connectivity index (χ0v) is 19.6. The largest absolute Gasteiger partial charge is 0.474 e. The number of hydrogen-bond donors (Lipinski definition) is 0. The lowest BCUT2D eigenvalue weighted by molar-refractivity contribution is -0.813. The topological polar surface area (TPSA) is 55.6 Å². The number of carbonyl (C=O) groups excluding carboxylic acids is 1. The third-order valence-corrected chi connectivity index (χ3v) is 6.84. The van der Waals surface area contributed by atoms with Gasteiger partial charge in [-0.05, 0) is 64.5 Å². The van der Waals surface area contributed by atoms with Crippen LogP contribution in [0.4, 0.5) is 0 Å². The van der Waals surface area contributed by atoms with Gasteiger partial charge >= 0.3 is 5.91 Å². The van der Waals surface area contributed by atoms with E-state index in [9.17, 15) is 4.79 Å². The highest BCUT2D eigenvalue weighted by Crippen LogP contribution is 2.53. The van der Waals surface area contributed by atoms with E-state index >= 15 is 0 Å². The first-order valence-corrected chi connectivity index (χ1v) is 11.3. The van der Waals surface area contributed by atoms with Gasteiger partial charge in [0.15, 0.2) is 11.5 Å². The molecule has 0 N–H and O–H groups in total. The summed E-state index contributed by atoms with van der Waals surface area (Å²) >= 11 is 0. The lowest BCUT2D eigenvalue weighted by atomic mass is 9.57. The Kier molecular flexibility index (Phi) is 5.41. The fourth-order valence-corrected chi connectivity index (χ4v) is 5.37. The molecule has 1 saturated carbocycles. The van der Waals surface area contributed by atoms with E-state index in [1.165, 1.54) is 25.7 Å². The average Bonchev–Trinajstić information content (AvgIpc) is 3.09. The van der Waals surface area contributed by atoms with Gasteiger partial charge in [0.25, 0.3) is 0 Å². The van der Waals surface area contributed by atoms with Crippen LogP contribution in [0.3, 0.4) is 0 Å². The summed E-state index contributed by atoms with van der Waals surface area (Å²) in [7, 11) is 3.99. The van der Waals surface area contributed by atoms with E-state index in [1.54, 1.807) is 12.4 Å². The summed E-state index contributed by atoms with van der Waals surface area (Å²) < 4.78 is 12.0. The van der Waals surface area contributed by atoms with Crippen LogP contribution < -0.4 is 0 Å². The predicted molar refractivity (Wildman–Crippen MR) is 121 cm³/mol. The predicted octanol–water partition coefficient (Wildman–Crippen LogP) is 4.82. The maximum Gasteiger partial charge on any atom is 0.380 e. The van der Waals surface area contributed by atoms with Gasteiger partial charge in [-0.1, -0.05) is 0 Å². The average molecular weight is 427 g/mol. The molecule has 2 aromatic rings. The number of carbonyl (C=O) groups is 1. The molecule has 3 heterocycles. The lowest BCUT2D eigenvalue weighted by Gasteiger charge is -2.53.